The Hall–Kier alpha value is -1.79. The van der Waals surface area contributed by atoms with Crippen LogP contribution in [0.1, 0.15) is 12.6 Å². The van der Waals surface area contributed by atoms with Crippen molar-refractivity contribution in [3.63, 3.8) is 0 Å². The lowest BCUT2D eigenvalue weighted by Gasteiger charge is -2.19. The first kappa shape index (κ1) is 13.2. The lowest BCUT2D eigenvalue weighted by molar-refractivity contribution is 0.0551. The second kappa shape index (κ2) is 5.68. The number of H-pyrrole nitrogens is 1. The van der Waals surface area contributed by atoms with Crippen LogP contribution in [0.25, 0.3) is 0 Å². The van der Waals surface area contributed by atoms with Crippen LogP contribution in [0.2, 0.25) is 0 Å². The number of ether oxygens (including phenoxy) is 1. The third-order valence-corrected chi connectivity index (χ3v) is 4.48. The number of nitrogens with zero attached hydrogens (tertiary/aromatic N) is 1. The summed E-state index contributed by atoms with van der Waals surface area (Å²) in [6.07, 6.45) is 2.02. The molecule has 1 aliphatic heterocycles. The van der Waals surface area contributed by atoms with Gasteiger partial charge in [-0.1, -0.05) is 18.2 Å². The van der Waals surface area contributed by atoms with E-state index in [1.165, 1.54) is 16.8 Å². The van der Waals surface area contributed by atoms with Crippen molar-refractivity contribution in [2.24, 2.45) is 0 Å². The van der Waals surface area contributed by atoms with E-state index < -0.39 is 11.2 Å². The summed E-state index contributed by atoms with van der Waals surface area (Å²) in [7, 11) is 0. The molecule has 2 unspecified atom stereocenters. The van der Waals surface area contributed by atoms with Gasteiger partial charge in [0.05, 0.1) is 11.9 Å². The van der Waals surface area contributed by atoms with Crippen molar-refractivity contribution in [1.29, 1.82) is 0 Å². The van der Waals surface area contributed by atoms with E-state index in [4.69, 9.17) is 4.74 Å². The molecule has 0 aliphatic carbocycles. The van der Waals surface area contributed by atoms with Crippen molar-refractivity contribution in [3.8, 4) is 0 Å². The van der Waals surface area contributed by atoms with Gasteiger partial charge in [0, 0.05) is 17.2 Å². The highest BCUT2D eigenvalue weighted by Crippen LogP contribution is 2.36. The number of nitrogens with one attached hydrogen (secondary N) is 1. The Morgan fingerprint density at radius 1 is 1.20 bits per heavy atom. The summed E-state index contributed by atoms with van der Waals surface area (Å²) in [5.74, 6) is 0. The van der Waals surface area contributed by atoms with Crippen LogP contribution in [0.15, 0.2) is 57.1 Å². The summed E-state index contributed by atoms with van der Waals surface area (Å²) < 4.78 is 7.12. The third-order valence-electron chi connectivity index (χ3n) is 3.17. The summed E-state index contributed by atoms with van der Waals surface area (Å²) in [4.78, 5) is 26.4. The molecule has 2 heterocycles. The molecule has 5 nitrogen and oxygen atoms in total. The molecule has 0 saturated carbocycles. The molecule has 20 heavy (non-hydrogen) atoms. The van der Waals surface area contributed by atoms with Gasteiger partial charge in [-0.3, -0.25) is 14.3 Å². The van der Waals surface area contributed by atoms with Crippen LogP contribution in [0, 0.1) is 0 Å². The molecule has 2 aromatic rings. The smallest absolute Gasteiger partial charge is 0.330 e. The Kier molecular flexibility index (Phi) is 3.75. The minimum Gasteiger partial charge on any atom is -0.357 e. The van der Waals surface area contributed by atoms with Crippen molar-refractivity contribution in [1.82, 2.24) is 9.55 Å². The average molecular weight is 290 g/mol. The van der Waals surface area contributed by atoms with Crippen molar-refractivity contribution in [3.05, 3.63) is 63.4 Å². The molecule has 1 fully saturated rings. The highest BCUT2D eigenvalue weighted by molar-refractivity contribution is 8.00. The van der Waals surface area contributed by atoms with Crippen LogP contribution in [0.5, 0.6) is 0 Å². The molecular formula is C14H14N2O3S. The second-order valence-corrected chi connectivity index (χ2v) is 5.85. The number of thioether (sulfide) groups is 1. The molecule has 1 aromatic heterocycles. The third kappa shape index (κ3) is 2.71. The molecule has 1 saturated heterocycles. The molecule has 0 radical (unpaired) electrons. The second-order valence-electron chi connectivity index (χ2n) is 4.54. The maximum Gasteiger partial charge on any atom is 0.330 e. The summed E-state index contributed by atoms with van der Waals surface area (Å²) >= 11 is 1.69. The van der Waals surface area contributed by atoms with Crippen molar-refractivity contribution >= 4 is 11.8 Å². The van der Waals surface area contributed by atoms with E-state index in [0.717, 1.165) is 11.3 Å². The van der Waals surface area contributed by atoms with Gasteiger partial charge in [-0.15, -0.1) is 11.8 Å². The Bertz CT molecular complexity index is 695. The average Bonchev–Trinajstić information content (AvgIpc) is 2.88. The molecule has 0 bridgehead atoms. The summed E-state index contributed by atoms with van der Waals surface area (Å²) in [5.41, 5.74) is -0.820. The highest BCUT2D eigenvalue weighted by Gasteiger charge is 2.31. The molecule has 1 aromatic carbocycles. The molecule has 0 amide bonds. The maximum absolute atomic E-state index is 11.8. The molecular weight excluding hydrogens is 276 g/mol. The minimum atomic E-state index is -0.428. The van der Waals surface area contributed by atoms with Crippen LogP contribution in [0.3, 0.4) is 0 Å². The van der Waals surface area contributed by atoms with Gasteiger partial charge in [0.2, 0.25) is 0 Å². The van der Waals surface area contributed by atoms with Gasteiger partial charge in [-0.2, -0.15) is 0 Å². The molecule has 1 aliphatic rings. The minimum absolute atomic E-state index is 0.154. The Balaban J connectivity index is 1.85. The normalized spacial score (nSPS) is 22.0. The zero-order chi connectivity index (χ0) is 13.9. The predicted molar refractivity (Wildman–Crippen MR) is 77.0 cm³/mol. The number of rotatable bonds is 3. The zero-order valence-electron chi connectivity index (χ0n) is 10.7. The fraction of sp³-hybridized carbons (Fsp3) is 0.286. The molecule has 1 N–H and O–H groups in total. The Morgan fingerprint density at radius 3 is 2.75 bits per heavy atom. The number of benzene rings is 1. The maximum atomic E-state index is 11.8. The number of hydrogen-bond acceptors (Lipinski definition) is 4. The van der Waals surface area contributed by atoms with Gasteiger partial charge in [-0.05, 0) is 18.6 Å². The van der Waals surface area contributed by atoms with E-state index in [1.807, 2.05) is 30.3 Å². The first-order valence-corrected chi connectivity index (χ1v) is 7.27. The standard InChI is InChI=1S/C14H14N2O3S/c17-12-6-8-16(14(18)15-12)13-11(7-9-19-13)20-10-4-2-1-3-5-10/h1-6,8,11,13H,7,9H2,(H,15,17,18). The SMILES string of the molecule is O=c1ccn(C2OCCC2Sc2ccccc2)c(=O)[nH]1. The topological polar surface area (TPSA) is 64.1 Å². The van der Waals surface area contributed by atoms with E-state index in [0.29, 0.717) is 6.61 Å². The lowest BCUT2D eigenvalue weighted by Crippen LogP contribution is -2.34. The van der Waals surface area contributed by atoms with Gasteiger partial charge in [0.25, 0.3) is 5.56 Å². The number of aromatic amines is 1. The van der Waals surface area contributed by atoms with Crippen LogP contribution in [0.4, 0.5) is 0 Å². The predicted octanol–water partition coefficient (Wildman–Crippen LogP) is 1.62. The summed E-state index contributed by atoms with van der Waals surface area (Å²) in [6, 6.07) is 11.4. The van der Waals surface area contributed by atoms with Crippen LogP contribution in [-0.2, 0) is 4.74 Å². The van der Waals surface area contributed by atoms with E-state index in [-0.39, 0.29) is 11.5 Å². The van der Waals surface area contributed by atoms with Crippen LogP contribution >= 0.6 is 11.8 Å². The van der Waals surface area contributed by atoms with Gasteiger partial charge in [0.15, 0.2) is 0 Å². The quantitative estimate of drug-likeness (QED) is 0.933. The molecule has 2 atom stereocenters. The molecule has 6 heteroatoms. The van der Waals surface area contributed by atoms with E-state index >= 15 is 0 Å². The first-order chi connectivity index (χ1) is 9.74. The van der Waals surface area contributed by atoms with Crippen molar-refractivity contribution < 1.29 is 4.74 Å². The van der Waals surface area contributed by atoms with Gasteiger partial charge >= 0.3 is 5.69 Å². The van der Waals surface area contributed by atoms with Crippen LogP contribution in [-0.4, -0.2) is 21.4 Å². The van der Waals surface area contributed by atoms with Gasteiger partial charge in [-0.25, -0.2) is 4.79 Å². The molecule has 0 spiro atoms. The van der Waals surface area contributed by atoms with E-state index in [2.05, 4.69) is 4.98 Å². The van der Waals surface area contributed by atoms with Crippen molar-refractivity contribution in [2.45, 2.75) is 22.8 Å². The zero-order valence-corrected chi connectivity index (χ0v) is 11.5. The number of hydrogen-bond donors (Lipinski definition) is 1. The fourth-order valence-electron chi connectivity index (χ4n) is 2.23. The van der Waals surface area contributed by atoms with Gasteiger partial charge < -0.3 is 4.74 Å². The van der Waals surface area contributed by atoms with E-state index in [1.54, 1.807) is 11.8 Å². The first-order valence-electron chi connectivity index (χ1n) is 6.39. The summed E-state index contributed by atoms with van der Waals surface area (Å²) in [6.45, 7) is 0.612. The fourth-order valence-corrected chi connectivity index (χ4v) is 3.44. The Labute approximate surface area is 119 Å². The lowest BCUT2D eigenvalue weighted by atomic mass is 10.3. The van der Waals surface area contributed by atoms with Crippen molar-refractivity contribution in [2.75, 3.05) is 6.61 Å². The molecule has 3 rings (SSSR count). The molecule has 104 valence electrons. The van der Waals surface area contributed by atoms with E-state index in [9.17, 15) is 9.59 Å². The Morgan fingerprint density at radius 2 is 2.00 bits per heavy atom. The number of aromatic nitrogens is 2. The summed E-state index contributed by atoms with van der Waals surface area (Å²) in [5, 5.41) is 0.154. The monoisotopic (exact) mass is 290 g/mol. The van der Waals surface area contributed by atoms with Crippen LogP contribution < -0.4 is 11.2 Å². The highest BCUT2D eigenvalue weighted by atomic mass is 32.2. The van der Waals surface area contributed by atoms with Gasteiger partial charge in [0.1, 0.15) is 6.23 Å². The largest absolute Gasteiger partial charge is 0.357 e.